The largest absolute Gasteiger partial charge is 0.319 e. The van der Waals surface area contributed by atoms with Crippen LogP contribution < -0.4 is 0 Å². The van der Waals surface area contributed by atoms with Crippen LogP contribution in [0.15, 0.2) is 24.5 Å². The third-order valence-electron chi connectivity index (χ3n) is 2.01. The zero-order chi connectivity index (χ0) is 10.8. The minimum Gasteiger partial charge on any atom is -0.319 e. The van der Waals surface area contributed by atoms with Crippen molar-refractivity contribution < 1.29 is 0 Å². The molecule has 0 unspecified atom stereocenters. The summed E-state index contributed by atoms with van der Waals surface area (Å²) in [6, 6.07) is 6.08. The van der Waals surface area contributed by atoms with E-state index in [1.54, 1.807) is 0 Å². The Balaban J connectivity index is 2.26. The van der Waals surface area contributed by atoms with E-state index in [0.717, 1.165) is 25.3 Å². The van der Waals surface area contributed by atoms with Gasteiger partial charge in [-0.3, -0.25) is 4.98 Å². The van der Waals surface area contributed by atoms with E-state index >= 15 is 0 Å². The van der Waals surface area contributed by atoms with Gasteiger partial charge in [0, 0.05) is 5.69 Å². The van der Waals surface area contributed by atoms with Gasteiger partial charge in [0.2, 0.25) is 0 Å². The number of hydrogen-bond donors (Lipinski definition) is 0. The third kappa shape index (κ3) is 2.68. The Hall–Kier alpha value is -0.180. The summed E-state index contributed by atoms with van der Waals surface area (Å²) in [5.74, 6) is 0. The molecule has 2 aromatic heterocycles. The van der Waals surface area contributed by atoms with E-state index in [0.29, 0.717) is 0 Å². The van der Waals surface area contributed by atoms with Gasteiger partial charge in [0.25, 0.3) is 0 Å². The molecule has 3 nitrogen and oxygen atoms in total. The molecule has 0 bridgehead atoms. The Morgan fingerprint density at radius 2 is 2.13 bits per heavy atom. The number of hydrogen-bond acceptors (Lipinski definition) is 2. The van der Waals surface area contributed by atoms with Crippen LogP contribution in [0.4, 0.5) is 0 Å². The molecule has 0 spiro atoms. The second-order valence-corrected chi connectivity index (χ2v) is 5.27. The van der Waals surface area contributed by atoms with Gasteiger partial charge in [-0.2, -0.15) is 0 Å². The topological polar surface area (TPSA) is 30.7 Å². The quantitative estimate of drug-likeness (QED) is 0.694. The first-order valence-electron chi connectivity index (χ1n) is 4.45. The molecule has 78 valence electrons. The molecule has 15 heavy (non-hydrogen) atoms. The molecule has 2 aromatic rings. The summed E-state index contributed by atoms with van der Waals surface area (Å²) in [4.78, 5) is 8.71. The van der Waals surface area contributed by atoms with E-state index < -0.39 is 0 Å². The van der Waals surface area contributed by atoms with E-state index in [4.69, 9.17) is 0 Å². The van der Waals surface area contributed by atoms with Crippen LogP contribution in [0.2, 0.25) is 0 Å². The maximum Gasteiger partial charge on any atom is 0.132 e. The minimum absolute atomic E-state index is 0.788. The molecule has 0 saturated carbocycles. The Labute approximate surface area is 116 Å². The number of halogens is 2. The Morgan fingerprint density at radius 1 is 1.33 bits per heavy atom. The van der Waals surface area contributed by atoms with Crippen molar-refractivity contribution in [2.75, 3.05) is 0 Å². The lowest BCUT2D eigenvalue weighted by molar-refractivity contribution is 0.752. The zero-order valence-electron chi connectivity index (χ0n) is 8.11. The smallest absolute Gasteiger partial charge is 0.132 e. The Kier molecular flexibility index (Phi) is 3.60. The van der Waals surface area contributed by atoms with Crippen LogP contribution in [0.25, 0.3) is 0 Å². The second-order valence-electron chi connectivity index (χ2n) is 3.22. The highest BCUT2D eigenvalue weighted by Gasteiger charge is 2.05. The monoisotopic (exact) mass is 425 g/mol. The average Bonchev–Trinajstić information content (AvgIpc) is 2.50. The van der Waals surface area contributed by atoms with E-state index in [-0.39, 0.29) is 0 Å². The van der Waals surface area contributed by atoms with Crippen molar-refractivity contribution in [1.29, 1.82) is 0 Å². The lowest BCUT2D eigenvalue weighted by Crippen LogP contribution is -2.03. The minimum atomic E-state index is 0.788. The van der Waals surface area contributed by atoms with Crippen LogP contribution in [0, 0.1) is 14.3 Å². The van der Waals surface area contributed by atoms with Gasteiger partial charge in [0.1, 0.15) is 7.40 Å². The molecule has 0 aromatic carbocycles. The van der Waals surface area contributed by atoms with E-state index in [9.17, 15) is 0 Å². The molecule has 2 rings (SSSR count). The van der Waals surface area contributed by atoms with Gasteiger partial charge in [-0.05, 0) is 64.2 Å². The normalized spacial score (nSPS) is 10.6. The van der Waals surface area contributed by atoms with Gasteiger partial charge in [-0.25, -0.2) is 4.98 Å². The molecule has 0 aliphatic rings. The summed E-state index contributed by atoms with van der Waals surface area (Å²) >= 11 is 4.54. The summed E-state index contributed by atoms with van der Waals surface area (Å²) in [6.07, 6.45) is 1.85. The van der Waals surface area contributed by atoms with Crippen molar-refractivity contribution in [3.63, 3.8) is 0 Å². The van der Waals surface area contributed by atoms with Crippen LogP contribution >= 0.6 is 45.2 Å². The molecule has 0 N–H and O–H groups in total. The molecule has 5 heteroatoms. The van der Waals surface area contributed by atoms with Gasteiger partial charge in [-0.1, -0.05) is 6.07 Å². The van der Waals surface area contributed by atoms with Gasteiger partial charge < -0.3 is 4.57 Å². The molecular formula is C10H9I2N3. The maximum absolute atomic E-state index is 4.46. The molecule has 0 aliphatic heterocycles. The van der Waals surface area contributed by atoms with E-state index in [1.165, 1.54) is 0 Å². The van der Waals surface area contributed by atoms with Crippen LogP contribution in [0.1, 0.15) is 11.4 Å². The Bertz CT molecular complexity index is 479. The van der Waals surface area contributed by atoms with Crippen molar-refractivity contribution in [2.24, 2.45) is 0 Å². The summed E-state index contributed by atoms with van der Waals surface area (Å²) in [7, 11) is 0. The van der Waals surface area contributed by atoms with E-state index in [2.05, 4.69) is 59.7 Å². The fourth-order valence-corrected chi connectivity index (χ4v) is 2.18. The fraction of sp³-hybridized carbons (Fsp3) is 0.200. The third-order valence-corrected chi connectivity index (χ3v) is 4.96. The number of imidazole rings is 1. The Morgan fingerprint density at radius 3 is 2.73 bits per heavy atom. The maximum atomic E-state index is 4.46. The lowest BCUT2D eigenvalue weighted by atomic mass is 10.3. The predicted octanol–water partition coefficient (Wildman–Crippen LogP) is 2.84. The molecular weight excluding hydrogens is 416 g/mol. The lowest BCUT2D eigenvalue weighted by Gasteiger charge is -2.04. The molecule has 0 fully saturated rings. The first kappa shape index (κ1) is 11.3. The van der Waals surface area contributed by atoms with Crippen LogP contribution in [0.3, 0.4) is 0 Å². The van der Waals surface area contributed by atoms with E-state index in [1.807, 2.05) is 31.5 Å². The van der Waals surface area contributed by atoms with Gasteiger partial charge in [0.05, 0.1) is 18.6 Å². The highest BCUT2D eigenvalue weighted by molar-refractivity contribution is 14.1. The number of aryl methyl sites for hydroxylation is 1. The fourth-order valence-electron chi connectivity index (χ4n) is 1.32. The average molecular weight is 425 g/mol. The molecule has 2 heterocycles. The first-order chi connectivity index (χ1) is 7.16. The second kappa shape index (κ2) is 4.77. The SMILES string of the molecule is Cc1cccc(Cn2cnc(I)c2I)n1. The zero-order valence-corrected chi connectivity index (χ0v) is 12.4. The van der Waals surface area contributed by atoms with Crippen LogP contribution in [0.5, 0.6) is 0 Å². The van der Waals surface area contributed by atoms with Crippen LogP contribution in [-0.2, 0) is 6.54 Å². The molecule has 0 amide bonds. The number of nitrogens with zero attached hydrogens (tertiary/aromatic N) is 3. The van der Waals surface area contributed by atoms with Crippen LogP contribution in [-0.4, -0.2) is 14.5 Å². The van der Waals surface area contributed by atoms with Gasteiger partial charge in [-0.15, -0.1) is 0 Å². The molecule has 0 radical (unpaired) electrons. The summed E-state index contributed by atoms with van der Waals surface area (Å²) < 4.78 is 4.31. The molecule has 0 saturated heterocycles. The van der Waals surface area contributed by atoms with Crippen molar-refractivity contribution >= 4 is 45.2 Å². The summed E-state index contributed by atoms with van der Waals surface area (Å²) in [5.41, 5.74) is 2.12. The van der Waals surface area contributed by atoms with Gasteiger partial charge >= 0.3 is 0 Å². The van der Waals surface area contributed by atoms with Crippen molar-refractivity contribution in [3.05, 3.63) is 43.3 Å². The highest BCUT2D eigenvalue weighted by atomic mass is 127. The van der Waals surface area contributed by atoms with Crippen molar-refractivity contribution in [2.45, 2.75) is 13.5 Å². The summed E-state index contributed by atoms with van der Waals surface area (Å²) in [5, 5.41) is 0. The predicted molar refractivity (Wildman–Crippen MR) is 75.7 cm³/mol. The van der Waals surface area contributed by atoms with Crippen molar-refractivity contribution in [3.8, 4) is 0 Å². The number of aromatic nitrogens is 3. The number of pyridine rings is 1. The molecule has 0 atom stereocenters. The van der Waals surface area contributed by atoms with Gasteiger partial charge in [0.15, 0.2) is 0 Å². The number of rotatable bonds is 2. The summed E-state index contributed by atoms with van der Waals surface area (Å²) in [6.45, 7) is 2.79. The molecule has 0 aliphatic carbocycles. The van der Waals surface area contributed by atoms with Crippen molar-refractivity contribution in [1.82, 2.24) is 14.5 Å². The standard InChI is InChI=1S/C10H9I2N3/c1-7-3-2-4-8(14-7)5-15-6-13-9(11)10(15)12/h2-4,6H,5H2,1H3. The first-order valence-corrected chi connectivity index (χ1v) is 6.61. The highest BCUT2D eigenvalue weighted by Crippen LogP contribution is 2.14.